The second-order valence-electron chi connectivity index (χ2n) is 4.30. The van der Waals surface area contributed by atoms with Crippen LogP contribution in [0.25, 0.3) is 0 Å². The zero-order chi connectivity index (χ0) is 11.8. The van der Waals surface area contributed by atoms with E-state index in [2.05, 4.69) is 43.1 Å². The van der Waals surface area contributed by atoms with Gasteiger partial charge in [0.25, 0.3) is 0 Å². The number of aliphatic hydroxyl groups is 1. The summed E-state index contributed by atoms with van der Waals surface area (Å²) in [6.45, 7) is 4.50. The third-order valence-corrected chi connectivity index (χ3v) is 2.91. The molecule has 1 aromatic rings. The van der Waals surface area contributed by atoms with E-state index in [-0.39, 0.29) is 6.61 Å². The lowest BCUT2D eigenvalue weighted by Gasteiger charge is -2.15. The van der Waals surface area contributed by atoms with Gasteiger partial charge in [-0.15, -0.1) is 0 Å². The van der Waals surface area contributed by atoms with Crippen molar-refractivity contribution in [2.45, 2.75) is 26.2 Å². The van der Waals surface area contributed by atoms with Crippen molar-refractivity contribution in [1.82, 2.24) is 4.90 Å². The molecular formula is C14H23NO. The summed E-state index contributed by atoms with van der Waals surface area (Å²) in [4.78, 5) is 2.27. The molecule has 0 atom stereocenters. The van der Waals surface area contributed by atoms with Gasteiger partial charge in [-0.2, -0.15) is 0 Å². The Bertz CT molecular complexity index is 281. The van der Waals surface area contributed by atoms with E-state index in [1.165, 1.54) is 11.1 Å². The molecule has 0 amide bonds. The van der Waals surface area contributed by atoms with E-state index in [9.17, 15) is 0 Å². The number of rotatable bonds is 7. The van der Waals surface area contributed by atoms with Gasteiger partial charge in [-0.05, 0) is 37.4 Å². The fourth-order valence-electron chi connectivity index (χ4n) is 1.71. The molecule has 0 spiro atoms. The average Bonchev–Trinajstić information content (AvgIpc) is 2.34. The molecule has 90 valence electrons. The van der Waals surface area contributed by atoms with Crippen LogP contribution < -0.4 is 0 Å². The van der Waals surface area contributed by atoms with Gasteiger partial charge < -0.3 is 10.0 Å². The predicted octanol–water partition coefficient (Wildman–Crippen LogP) is 2.11. The largest absolute Gasteiger partial charge is 0.396 e. The summed E-state index contributed by atoms with van der Waals surface area (Å²) in [5.41, 5.74) is 2.80. The standard InChI is InChI=1S/C14H23NO/c1-3-13-5-7-14(8-6-13)9-11-15(2)10-4-12-16/h5-8,16H,3-4,9-12H2,1-2H3. The molecule has 0 bridgehead atoms. The molecule has 0 unspecified atom stereocenters. The minimum atomic E-state index is 0.287. The van der Waals surface area contributed by atoms with E-state index in [4.69, 9.17) is 5.11 Å². The molecule has 16 heavy (non-hydrogen) atoms. The highest BCUT2D eigenvalue weighted by atomic mass is 16.3. The van der Waals surface area contributed by atoms with E-state index in [1.807, 2.05) is 0 Å². The average molecular weight is 221 g/mol. The van der Waals surface area contributed by atoms with Gasteiger partial charge in [0.1, 0.15) is 0 Å². The Morgan fingerprint density at radius 2 is 1.69 bits per heavy atom. The maximum atomic E-state index is 8.73. The summed E-state index contributed by atoms with van der Waals surface area (Å²) in [7, 11) is 2.11. The van der Waals surface area contributed by atoms with Crippen molar-refractivity contribution in [3.8, 4) is 0 Å². The Morgan fingerprint density at radius 1 is 1.06 bits per heavy atom. The number of hydrogen-bond donors (Lipinski definition) is 1. The predicted molar refractivity (Wildman–Crippen MR) is 68.7 cm³/mol. The molecule has 0 saturated carbocycles. The number of hydrogen-bond acceptors (Lipinski definition) is 2. The van der Waals surface area contributed by atoms with Crippen molar-refractivity contribution < 1.29 is 5.11 Å². The highest BCUT2D eigenvalue weighted by molar-refractivity contribution is 5.22. The molecule has 1 N–H and O–H groups in total. The molecule has 0 aliphatic heterocycles. The topological polar surface area (TPSA) is 23.5 Å². The minimum Gasteiger partial charge on any atom is -0.396 e. The fourth-order valence-corrected chi connectivity index (χ4v) is 1.71. The van der Waals surface area contributed by atoms with Crippen molar-refractivity contribution in [2.24, 2.45) is 0 Å². The molecule has 1 rings (SSSR count). The SMILES string of the molecule is CCc1ccc(CCN(C)CCCO)cc1. The lowest BCUT2D eigenvalue weighted by molar-refractivity contribution is 0.248. The summed E-state index contributed by atoms with van der Waals surface area (Å²) in [5, 5.41) is 8.73. The zero-order valence-electron chi connectivity index (χ0n) is 10.4. The molecule has 1 aromatic carbocycles. The lowest BCUT2D eigenvalue weighted by atomic mass is 10.1. The summed E-state index contributed by atoms with van der Waals surface area (Å²) < 4.78 is 0. The highest BCUT2D eigenvalue weighted by Crippen LogP contribution is 2.06. The lowest BCUT2D eigenvalue weighted by Crippen LogP contribution is -2.23. The zero-order valence-corrected chi connectivity index (χ0v) is 10.4. The molecule has 0 aromatic heterocycles. The van der Waals surface area contributed by atoms with Gasteiger partial charge in [-0.25, -0.2) is 0 Å². The number of likely N-dealkylation sites (N-methyl/N-ethyl adjacent to an activating group) is 1. The second-order valence-corrected chi connectivity index (χ2v) is 4.30. The number of aliphatic hydroxyl groups excluding tert-OH is 1. The third kappa shape index (κ3) is 4.77. The van der Waals surface area contributed by atoms with Crippen molar-refractivity contribution in [3.05, 3.63) is 35.4 Å². The van der Waals surface area contributed by atoms with Crippen molar-refractivity contribution in [3.63, 3.8) is 0 Å². The second kappa shape index (κ2) is 7.42. The van der Waals surface area contributed by atoms with Crippen LogP contribution in [0, 0.1) is 0 Å². The molecule has 0 radical (unpaired) electrons. The van der Waals surface area contributed by atoms with Gasteiger partial charge in [0, 0.05) is 19.7 Å². The van der Waals surface area contributed by atoms with Crippen molar-refractivity contribution in [1.29, 1.82) is 0 Å². The van der Waals surface area contributed by atoms with Crippen LogP contribution >= 0.6 is 0 Å². The fraction of sp³-hybridized carbons (Fsp3) is 0.571. The van der Waals surface area contributed by atoms with Gasteiger partial charge in [0.15, 0.2) is 0 Å². The van der Waals surface area contributed by atoms with Crippen LogP contribution in [0.1, 0.15) is 24.5 Å². The van der Waals surface area contributed by atoms with E-state index in [0.717, 1.165) is 32.4 Å². The third-order valence-electron chi connectivity index (χ3n) is 2.91. The summed E-state index contributed by atoms with van der Waals surface area (Å²) in [6.07, 6.45) is 3.06. The van der Waals surface area contributed by atoms with Crippen LogP contribution in [0.15, 0.2) is 24.3 Å². The van der Waals surface area contributed by atoms with Gasteiger partial charge in [0.05, 0.1) is 0 Å². The first-order valence-electron chi connectivity index (χ1n) is 6.13. The number of benzene rings is 1. The van der Waals surface area contributed by atoms with Crippen LogP contribution in [0.4, 0.5) is 0 Å². The van der Waals surface area contributed by atoms with Crippen molar-refractivity contribution in [2.75, 3.05) is 26.7 Å². The Labute approximate surface area is 98.9 Å². The van der Waals surface area contributed by atoms with E-state index in [0.29, 0.717) is 0 Å². The highest BCUT2D eigenvalue weighted by Gasteiger charge is 1.99. The Hall–Kier alpha value is -0.860. The Kier molecular flexibility index (Phi) is 6.12. The van der Waals surface area contributed by atoms with Crippen LogP contribution in [0.2, 0.25) is 0 Å². The smallest absolute Gasteiger partial charge is 0.0443 e. The summed E-state index contributed by atoms with van der Waals surface area (Å²) in [6, 6.07) is 8.86. The normalized spacial score (nSPS) is 11.0. The molecule has 0 fully saturated rings. The summed E-state index contributed by atoms with van der Waals surface area (Å²) >= 11 is 0. The monoisotopic (exact) mass is 221 g/mol. The number of aryl methyl sites for hydroxylation is 1. The van der Waals surface area contributed by atoms with Crippen LogP contribution in [0.5, 0.6) is 0 Å². The molecule has 0 aliphatic rings. The van der Waals surface area contributed by atoms with Gasteiger partial charge in [-0.3, -0.25) is 0 Å². The molecule has 2 nitrogen and oxygen atoms in total. The first-order valence-corrected chi connectivity index (χ1v) is 6.13. The summed E-state index contributed by atoms with van der Waals surface area (Å²) in [5.74, 6) is 0. The Balaban J connectivity index is 2.30. The van der Waals surface area contributed by atoms with Crippen LogP contribution in [0.3, 0.4) is 0 Å². The first kappa shape index (κ1) is 13.2. The molecular weight excluding hydrogens is 198 g/mol. The molecule has 2 heteroatoms. The molecule has 0 aliphatic carbocycles. The van der Waals surface area contributed by atoms with E-state index < -0.39 is 0 Å². The first-order chi connectivity index (χ1) is 7.76. The van der Waals surface area contributed by atoms with E-state index >= 15 is 0 Å². The minimum absolute atomic E-state index is 0.287. The maximum absolute atomic E-state index is 8.73. The van der Waals surface area contributed by atoms with Crippen LogP contribution in [-0.4, -0.2) is 36.8 Å². The van der Waals surface area contributed by atoms with Gasteiger partial charge >= 0.3 is 0 Å². The Morgan fingerprint density at radius 3 is 2.25 bits per heavy atom. The van der Waals surface area contributed by atoms with Gasteiger partial charge in [-0.1, -0.05) is 31.2 Å². The van der Waals surface area contributed by atoms with Gasteiger partial charge in [0.2, 0.25) is 0 Å². The maximum Gasteiger partial charge on any atom is 0.0443 e. The van der Waals surface area contributed by atoms with E-state index in [1.54, 1.807) is 0 Å². The molecule has 0 saturated heterocycles. The molecule has 0 heterocycles. The quantitative estimate of drug-likeness (QED) is 0.762. The number of nitrogens with zero attached hydrogens (tertiary/aromatic N) is 1. The van der Waals surface area contributed by atoms with Crippen molar-refractivity contribution >= 4 is 0 Å². The van der Waals surface area contributed by atoms with Crippen LogP contribution in [-0.2, 0) is 12.8 Å².